The number of rotatable bonds is 7. The Morgan fingerprint density at radius 3 is 2.53 bits per heavy atom. The fourth-order valence-corrected chi connectivity index (χ4v) is 2.77. The number of benzene rings is 3. The number of nitrogens with one attached hydrogen (secondary N) is 2. The molecule has 0 aliphatic rings. The fraction of sp³-hybridized carbons (Fsp3) is 0.0870. The van der Waals surface area contributed by atoms with Crippen LogP contribution in [0.15, 0.2) is 71.8 Å². The maximum Gasteiger partial charge on any atom is 0.329 e. The van der Waals surface area contributed by atoms with E-state index < -0.39 is 11.8 Å². The van der Waals surface area contributed by atoms with E-state index in [9.17, 15) is 14.0 Å². The third-order valence-corrected chi connectivity index (χ3v) is 4.46. The van der Waals surface area contributed by atoms with Crippen molar-refractivity contribution >= 4 is 35.3 Å². The number of nitrogens with zero attached hydrogens (tertiary/aromatic N) is 1. The van der Waals surface area contributed by atoms with Gasteiger partial charge in [0.05, 0.1) is 19.0 Å². The number of amides is 2. The van der Waals surface area contributed by atoms with Gasteiger partial charge in [0, 0.05) is 10.6 Å². The summed E-state index contributed by atoms with van der Waals surface area (Å²) < 4.78 is 24.3. The summed E-state index contributed by atoms with van der Waals surface area (Å²) in [7, 11) is 1.43. The zero-order valence-corrected chi connectivity index (χ0v) is 17.7. The van der Waals surface area contributed by atoms with Crippen molar-refractivity contribution in [1.29, 1.82) is 0 Å². The number of hydrogen-bond acceptors (Lipinski definition) is 5. The Bertz CT molecular complexity index is 1140. The van der Waals surface area contributed by atoms with E-state index in [1.165, 1.54) is 25.5 Å². The molecule has 0 spiro atoms. The number of hydrogen-bond donors (Lipinski definition) is 2. The van der Waals surface area contributed by atoms with Crippen LogP contribution in [0.3, 0.4) is 0 Å². The molecule has 7 nitrogen and oxygen atoms in total. The molecule has 0 fully saturated rings. The molecule has 0 heterocycles. The SMILES string of the molecule is COc1ccc(Cl)cc1NC(=O)C(=O)NN=Cc1ccc(OCc2ccccc2F)cc1. The van der Waals surface area contributed by atoms with Gasteiger partial charge in [-0.25, -0.2) is 9.82 Å². The Kier molecular flexibility index (Phi) is 7.77. The lowest BCUT2D eigenvalue weighted by Crippen LogP contribution is -2.32. The molecule has 0 unspecified atom stereocenters. The summed E-state index contributed by atoms with van der Waals surface area (Å²) in [6.07, 6.45) is 1.37. The van der Waals surface area contributed by atoms with Gasteiger partial charge in [0.1, 0.15) is 23.9 Å². The molecule has 9 heteroatoms. The molecular weight excluding hydrogens is 437 g/mol. The van der Waals surface area contributed by atoms with Crippen LogP contribution in [0.1, 0.15) is 11.1 Å². The molecule has 0 aliphatic carbocycles. The molecule has 0 bridgehead atoms. The van der Waals surface area contributed by atoms with Crippen LogP contribution in [0, 0.1) is 5.82 Å². The minimum atomic E-state index is -0.965. The van der Waals surface area contributed by atoms with Crippen molar-refractivity contribution in [3.05, 3.63) is 88.7 Å². The van der Waals surface area contributed by atoms with Crippen LogP contribution in [0.25, 0.3) is 0 Å². The molecule has 0 saturated heterocycles. The van der Waals surface area contributed by atoms with E-state index in [4.69, 9.17) is 21.1 Å². The highest BCUT2D eigenvalue weighted by Crippen LogP contribution is 2.27. The molecule has 2 N–H and O–H groups in total. The van der Waals surface area contributed by atoms with Crippen LogP contribution in [0.2, 0.25) is 5.02 Å². The molecule has 32 heavy (non-hydrogen) atoms. The second-order valence-corrected chi connectivity index (χ2v) is 6.88. The average Bonchev–Trinajstić information content (AvgIpc) is 2.79. The Morgan fingerprint density at radius 2 is 1.81 bits per heavy atom. The van der Waals surface area contributed by atoms with Crippen LogP contribution in [-0.4, -0.2) is 25.1 Å². The molecule has 2 amide bonds. The van der Waals surface area contributed by atoms with Crippen LogP contribution >= 0.6 is 11.6 Å². The number of ether oxygens (including phenoxy) is 2. The van der Waals surface area contributed by atoms with Gasteiger partial charge in [-0.2, -0.15) is 5.10 Å². The van der Waals surface area contributed by atoms with Crippen molar-refractivity contribution in [1.82, 2.24) is 5.43 Å². The van der Waals surface area contributed by atoms with E-state index in [0.29, 0.717) is 27.6 Å². The third-order valence-electron chi connectivity index (χ3n) is 4.23. The smallest absolute Gasteiger partial charge is 0.329 e. The fourth-order valence-electron chi connectivity index (χ4n) is 2.60. The summed E-state index contributed by atoms with van der Waals surface area (Å²) in [5.41, 5.74) is 3.51. The highest BCUT2D eigenvalue weighted by molar-refractivity contribution is 6.40. The van der Waals surface area contributed by atoms with E-state index in [0.717, 1.165) is 0 Å². The van der Waals surface area contributed by atoms with Crippen molar-refractivity contribution in [2.45, 2.75) is 6.61 Å². The summed E-state index contributed by atoms with van der Waals surface area (Å²) in [6, 6.07) is 17.8. The monoisotopic (exact) mass is 455 g/mol. The maximum atomic E-state index is 13.6. The van der Waals surface area contributed by atoms with Crippen LogP contribution < -0.4 is 20.2 Å². The molecule has 0 atom stereocenters. The number of carbonyl (C=O) groups excluding carboxylic acids is 2. The summed E-state index contributed by atoms with van der Waals surface area (Å²) in [5, 5.41) is 6.55. The standard InChI is InChI=1S/C23H19ClFN3O4/c1-31-21-11-8-17(24)12-20(21)27-22(29)23(30)28-26-13-15-6-9-18(10-7-15)32-14-16-4-2-3-5-19(16)25/h2-13H,14H2,1H3,(H,27,29)(H,28,30). The Hall–Kier alpha value is -3.91. The predicted molar refractivity (Wildman–Crippen MR) is 120 cm³/mol. The zero-order chi connectivity index (χ0) is 22.9. The zero-order valence-electron chi connectivity index (χ0n) is 17.0. The molecular formula is C23H19ClFN3O4. The molecule has 0 aromatic heterocycles. The number of methoxy groups -OCH3 is 1. The largest absolute Gasteiger partial charge is 0.495 e. The Morgan fingerprint density at radius 1 is 1.06 bits per heavy atom. The topological polar surface area (TPSA) is 89.0 Å². The minimum absolute atomic E-state index is 0.0999. The molecule has 3 rings (SSSR count). The molecule has 3 aromatic rings. The third kappa shape index (κ3) is 6.29. The van der Waals surface area contributed by atoms with Crippen molar-refractivity contribution < 1.29 is 23.5 Å². The van der Waals surface area contributed by atoms with Gasteiger partial charge >= 0.3 is 11.8 Å². The lowest BCUT2D eigenvalue weighted by Gasteiger charge is -2.09. The number of hydrazone groups is 1. The number of halogens is 2. The average molecular weight is 456 g/mol. The van der Waals surface area contributed by atoms with Gasteiger partial charge in [-0.3, -0.25) is 9.59 Å². The van der Waals surface area contributed by atoms with E-state index in [1.807, 2.05) is 0 Å². The van der Waals surface area contributed by atoms with Crippen molar-refractivity contribution in [3.63, 3.8) is 0 Å². The highest BCUT2D eigenvalue weighted by atomic mass is 35.5. The summed E-state index contributed by atoms with van der Waals surface area (Å²) >= 11 is 5.90. The van der Waals surface area contributed by atoms with Crippen molar-refractivity contribution in [2.75, 3.05) is 12.4 Å². The van der Waals surface area contributed by atoms with Crippen molar-refractivity contribution in [3.8, 4) is 11.5 Å². The van der Waals surface area contributed by atoms with Gasteiger partial charge in [0.2, 0.25) is 0 Å². The van der Waals surface area contributed by atoms with Gasteiger partial charge in [-0.1, -0.05) is 29.8 Å². The van der Waals surface area contributed by atoms with Gasteiger partial charge < -0.3 is 14.8 Å². The van der Waals surface area contributed by atoms with Crippen LogP contribution in [0.4, 0.5) is 10.1 Å². The van der Waals surface area contributed by atoms with Gasteiger partial charge in [-0.15, -0.1) is 0 Å². The predicted octanol–water partition coefficient (Wildman–Crippen LogP) is 4.16. The van der Waals surface area contributed by atoms with E-state index in [1.54, 1.807) is 54.6 Å². The van der Waals surface area contributed by atoms with Gasteiger partial charge in [0.15, 0.2) is 0 Å². The summed E-state index contributed by atoms with van der Waals surface area (Å²) in [6.45, 7) is 0.0999. The van der Waals surface area contributed by atoms with Crippen LogP contribution in [-0.2, 0) is 16.2 Å². The Labute approximate surface area is 188 Å². The number of anilines is 1. The molecule has 0 aliphatic heterocycles. The second-order valence-electron chi connectivity index (χ2n) is 6.45. The molecule has 0 radical (unpaired) electrons. The Balaban J connectivity index is 1.51. The van der Waals surface area contributed by atoms with Crippen molar-refractivity contribution in [2.24, 2.45) is 5.10 Å². The number of carbonyl (C=O) groups is 2. The maximum absolute atomic E-state index is 13.6. The first kappa shape index (κ1) is 22.8. The van der Waals surface area contributed by atoms with Gasteiger partial charge in [0.25, 0.3) is 0 Å². The lowest BCUT2D eigenvalue weighted by atomic mass is 10.2. The summed E-state index contributed by atoms with van der Waals surface area (Å²) in [5.74, 6) is -1.32. The van der Waals surface area contributed by atoms with Crippen LogP contribution in [0.5, 0.6) is 11.5 Å². The molecule has 0 saturated carbocycles. The first-order valence-electron chi connectivity index (χ1n) is 9.40. The second kappa shape index (κ2) is 10.9. The first-order chi connectivity index (χ1) is 15.5. The minimum Gasteiger partial charge on any atom is -0.495 e. The molecule has 164 valence electrons. The highest BCUT2D eigenvalue weighted by Gasteiger charge is 2.15. The van der Waals surface area contributed by atoms with Gasteiger partial charge in [-0.05, 0) is 54.1 Å². The van der Waals surface area contributed by atoms with E-state index in [2.05, 4.69) is 15.8 Å². The summed E-state index contributed by atoms with van der Waals surface area (Å²) in [4.78, 5) is 24.0. The normalized spacial score (nSPS) is 10.6. The first-order valence-corrected chi connectivity index (χ1v) is 9.78. The van der Waals surface area contributed by atoms with E-state index in [-0.39, 0.29) is 18.1 Å². The van der Waals surface area contributed by atoms with E-state index >= 15 is 0 Å². The quantitative estimate of drug-likeness (QED) is 0.318. The lowest BCUT2D eigenvalue weighted by molar-refractivity contribution is -0.136. The molecule has 3 aromatic carbocycles.